The normalized spacial score (nSPS) is 17.9. The SMILES string of the molecule is CCCN(CC(=O)NCCc1ccc(F)cc1)C1CCNC1. The Morgan fingerprint density at radius 2 is 2.18 bits per heavy atom. The van der Waals surface area contributed by atoms with Crippen molar-refractivity contribution in [3.63, 3.8) is 0 Å². The van der Waals surface area contributed by atoms with Gasteiger partial charge in [0, 0.05) is 19.1 Å². The van der Waals surface area contributed by atoms with Gasteiger partial charge in [-0.2, -0.15) is 0 Å². The van der Waals surface area contributed by atoms with Gasteiger partial charge in [-0.1, -0.05) is 19.1 Å². The van der Waals surface area contributed by atoms with Crippen LogP contribution in [0.15, 0.2) is 24.3 Å². The number of rotatable bonds is 8. The van der Waals surface area contributed by atoms with Gasteiger partial charge in [0.1, 0.15) is 5.82 Å². The lowest BCUT2D eigenvalue weighted by Gasteiger charge is -2.27. The minimum absolute atomic E-state index is 0.0717. The summed E-state index contributed by atoms with van der Waals surface area (Å²) in [5, 5.41) is 6.31. The van der Waals surface area contributed by atoms with Crippen LogP contribution in [0.5, 0.6) is 0 Å². The predicted molar refractivity (Wildman–Crippen MR) is 86.3 cm³/mol. The zero-order chi connectivity index (χ0) is 15.8. The summed E-state index contributed by atoms with van der Waals surface area (Å²) in [6, 6.07) is 6.90. The molecule has 1 saturated heterocycles. The van der Waals surface area contributed by atoms with Crippen molar-refractivity contribution in [3.05, 3.63) is 35.6 Å². The molecule has 2 N–H and O–H groups in total. The number of amides is 1. The van der Waals surface area contributed by atoms with E-state index in [4.69, 9.17) is 0 Å². The maximum atomic E-state index is 12.8. The van der Waals surface area contributed by atoms with Crippen LogP contribution in [0.1, 0.15) is 25.3 Å². The van der Waals surface area contributed by atoms with Crippen molar-refractivity contribution in [3.8, 4) is 0 Å². The van der Waals surface area contributed by atoms with Crippen LogP contribution in [0.2, 0.25) is 0 Å². The van der Waals surface area contributed by atoms with Crippen molar-refractivity contribution < 1.29 is 9.18 Å². The highest BCUT2D eigenvalue weighted by molar-refractivity contribution is 5.78. The van der Waals surface area contributed by atoms with Crippen molar-refractivity contribution in [1.29, 1.82) is 0 Å². The van der Waals surface area contributed by atoms with Gasteiger partial charge in [-0.3, -0.25) is 9.69 Å². The minimum atomic E-state index is -0.229. The van der Waals surface area contributed by atoms with Gasteiger partial charge >= 0.3 is 0 Å². The minimum Gasteiger partial charge on any atom is -0.355 e. The molecule has 4 nitrogen and oxygen atoms in total. The zero-order valence-corrected chi connectivity index (χ0v) is 13.3. The van der Waals surface area contributed by atoms with Crippen molar-refractivity contribution in [2.45, 2.75) is 32.2 Å². The maximum absolute atomic E-state index is 12.8. The monoisotopic (exact) mass is 307 g/mol. The van der Waals surface area contributed by atoms with Crippen LogP contribution in [-0.2, 0) is 11.2 Å². The molecule has 1 fully saturated rings. The van der Waals surface area contributed by atoms with Gasteiger partial charge in [0.2, 0.25) is 5.91 Å². The molecular weight excluding hydrogens is 281 g/mol. The first-order valence-corrected chi connectivity index (χ1v) is 8.15. The molecule has 1 unspecified atom stereocenters. The molecule has 0 saturated carbocycles. The fourth-order valence-electron chi connectivity index (χ4n) is 2.87. The van der Waals surface area contributed by atoms with E-state index >= 15 is 0 Å². The molecule has 122 valence electrons. The molecule has 1 atom stereocenters. The Morgan fingerprint density at radius 3 is 2.82 bits per heavy atom. The lowest BCUT2D eigenvalue weighted by Crippen LogP contribution is -2.44. The van der Waals surface area contributed by atoms with E-state index in [9.17, 15) is 9.18 Å². The molecule has 0 spiro atoms. The van der Waals surface area contributed by atoms with Crippen molar-refractivity contribution in [2.75, 3.05) is 32.7 Å². The molecular formula is C17H26FN3O. The van der Waals surface area contributed by atoms with Gasteiger partial charge in [0.15, 0.2) is 0 Å². The number of carbonyl (C=O) groups is 1. The summed E-state index contributed by atoms with van der Waals surface area (Å²) in [6.07, 6.45) is 2.90. The van der Waals surface area contributed by atoms with E-state index in [0.29, 0.717) is 19.1 Å². The van der Waals surface area contributed by atoms with E-state index in [2.05, 4.69) is 22.5 Å². The van der Waals surface area contributed by atoms with Gasteiger partial charge in [-0.05, 0) is 50.0 Å². The van der Waals surface area contributed by atoms with Gasteiger partial charge in [-0.15, -0.1) is 0 Å². The average Bonchev–Trinajstić information content (AvgIpc) is 3.03. The number of hydrogen-bond donors (Lipinski definition) is 2. The molecule has 1 aliphatic heterocycles. The van der Waals surface area contributed by atoms with E-state index in [1.54, 1.807) is 12.1 Å². The third kappa shape index (κ3) is 5.39. The van der Waals surface area contributed by atoms with E-state index < -0.39 is 0 Å². The Hall–Kier alpha value is -1.46. The molecule has 5 heteroatoms. The lowest BCUT2D eigenvalue weighted by molar-refractivity contribution is -0.122. The fraction of sp³-hybridized carbons (Fsp3) is 0.588. The van der Waals surface area contributed by atoms with Crippen LogP contribution in [0.4, 0.5) is 4.39 Å². The van der Waals surface area contributed by atoms with E-state index in [1.807, 2.05) is 0 Å². The Bertz CT molecular complexity index is 457. The molecule has 22 heavy (non-hydrogen) atoms. The van der Waals surface area contributed by atoms with Crippen LogP contribution in [-0.4, -0.2) is 49.6 Å². The lowest BCUT2D eigenvalue weighted by atomic mass is 10.1. The molecule has 1 amide bonds. The summed E-state index contributed by atoms with van der Waals surface area (Å²) in [5.74, 6) is -0.157. The Morgan fingerprint density at radius 1 is 1.41 bits per heavy atom. The molecule has 1 aliphatic rings. The van der Waals surface area contributed by atoms with Gasteiger partial charge in [0.05, 0.1) is 6.54 Å². The van der Waals surface area contributed by atoms with E-state index in [-0.39, 0.29) is 11.7 Å². The fourth-order valence-corrected chi connectivity index (χ4v) is 2.87. The number of benzene rings is 1. The molecule has 0 aliphatic carbocycles. The van der Waals surface area contributed by atoms with E-state index in [0.717, 1.165) is 44.5 Å². The summed E-state index contributed by atoms with van der Waals surface area (Å²) in [4.78, 5) is 14.4. The van der Waals surface area contributed by atoms with Gasteiger partial charge < -0.3 is 10.6 Å². The summed E-state index contributed by atoms with van der Waals surface area (Å²) < 4.78 is 12.8. The maximum Gasteiger partial charge on any atom is 0.234 e. The number of nitrogens with zero attached hydrogens (tertiary/aromatic N) is 1. The first-order valence-electron chi connectivity index (χ1n) is 8.15. The molecule has 1 aromatic rings. The predicted octanol–water partition coefficient (Wildman–Crippen LogP) is 1.56. The standard InChI is InChI=1S/C17H26FN3O/c1-2-11-21(16-8-9-19-12-16)13-17(22)20-10-7-14-3-5-15(18)6-4-14/h3-6,16,19H,2,7-13H2,1H3,(H,20,22). The third-order valence-corrected chi connectivity index (χ3v) is 4.06. The van der Waals surface area contributed by atoms with Crippen molar-refractivity contribution in [1.82, 2.24) is 15.5 Å². The van der Waals surface area contributed by atoms with Gasteiger partial charge in [-0.25, -0.2) is 4.39 Å². The third-order valence-electron chi connectivity index (χ3n) is 4.06. The number of hydrogen-bond acceptors (Lipinski definition) is 3. The Kier molecular flexibility index (Phi) is 6.80. The van der Waals surface area contributed by atoms with Crippen molar-refractivity contribution >= 4 is 5.91 Å². The Balaban J connectivity index is 1.72. The molecule has 1 aromatic carbocycles. The first-order chi connectivity index (χ1) is 10.7. The number of nitrogens with one attached hydrogen (secondary N) is 2. The zero-order valence-electron chi connectivity index (χ0n) is 13.3. The summed E-state index contributed by atoms with van der Waals surface area (Å²) in [7, 11) is 0. The highest BCUT2D eigenvalue weighted by Gasteiger charge is 2.23. The molecule has 0 radical (unpaired) electrons. The topological polar surface area (TPSA) is 44.4 Å². The summed E-state index contributed by atoms with van der Waals surface area (Å²) >= 11 is 0. The molecule has 2 rings (SSSR count). The van der Waals surface area contributed by atoms with Crippen LogP contribution < -0.4 is 10.6 Å². The largest absolute Gasteiger partial charge is 0.355 e. The van der Waals surface area contributed by atoms with Crippen LogP contribution >= 0.6 is 0 Å². The molecule has 0 bridgehead atoms. The second-order valence-electron chi connectivity index (χ2n) is 5.84. The molecule has 0 aromatic heterocycles. The Labute approximate surface area is 132 Å². The van der Waals surface area contributed by atoms with Crippen LogP contribution in [0.3, 0.4) is 0 Å². The summed E-state index contributed by atoms with van der Waals surface area (Å²) in [6.45, 7) is 6.16. The first kappa shape index (κ1) is 16.9. The summed E-state index contributed by atoms with van der Waals surface area (Å²) in [5.41, 5.74) is 1.03. The molecule has 1 heterocycles. The highest BCUT2D eigenvalue weighted by atomic mass is 19.1. The quantitative estimate of drug-likeness (QED) is 0.766. The van der Waals surface area contributed by atoms with Crippen molar-refractivity contribution in [2.24, 2.45) is 0 Å². The second kappa shape index (κ2) is 8.86. The van der Waals surface area contributed by atoms with Crippen LogP contribution in [0, 0.1) is 5.82 Å². The highest BCUT2D eigenvalue weighted by Crippen LogP contribution is 2.08. The smallest absolute Gasteiger partial charge is 0.234 e. The van der Waals surface area contributed by atoms with E-state index in [1.165, 1.54) is 12.1 Å². The van der Waals surface area contributed by atoms with Crippen LogP contribution in [0.25, 0.3) is 0 Å². The number of carbonyl (C=O) groups excluding carboxylic acids is 1. The van der Waals surface area contributed by atoms with Gasteiger partial charge in [0.25, 0.3) is 0 Å². The average molecular weight is 307 g/mol. The second-order valence-corrected chi connectivity index (χ2v) is 5.84. The number of halogens is 1.